The Bertz CT molecular complexity index is 719. The molecule has 0 atom stereocenters. The number of nitro benzene ring substituents is 1. The molecule has 0 aliphatic rings. The predicted octanol–water partition coefficient (Wildman–Crippen LogP) is 3.40. The van der Waals surface area contributed by atoms with Crippen molar-refractivity contribution in [2.45, 2.75) is 0 Å². The van der Waals surface area contributed by atoms with Crippen molar-refractivity contribution in [3.63, 3.8) is 0 Å². The predicted molar refractivity (Wildman–Crippen MR) is 66.1 cm³/mol. The lowest BCUT2D eigenvalue weighted by molar-refractivity contribution is -0.384. The highest BCUT2D eigenvalue weighted by molar-refractivity contribution is 5.94. The molecule has 88 valence electrons. The number of pyridine rings is 1. The second kappa shape index (κ2) is 3.96. The minimum absolute atomic E-state index is 0.0442. The standard InChI is InChI=1S/C13H8N2O3/c16-15(17)11-6-9-3-5-18-13(9)12(7-11)10-2-1-4-14-8-10/h1-8H. The summed E-state index contributed by atoms with van der Waals surface area (Å²) >= 11 is 0. The zero-order valence-electron chi connectivity index (χ0n) is 9.24. The van der Waals surface area contributed by atoms with Gasteiger partial charge < -0.3 is 4.42 Å². The van der Waals surface area contributed by atoms with Gasteiger partial charge in [-0.1, -0.05) is 6.07 Å². The summed E-state index contributed by atoms with van der Waals surface area (Å²) in [7, 11) is 0. The first-order valence-electron chi connectivity index (χ1n) is 5.32. The van der Waals surface area contributed by atoms with Crippen molar-refractivity contribution < 1.29 is 9.34 Å². The summed E-state index contributed by atoms with van der Waals surface area (Å²) in [5.41, 5.74) is 2.15. The lowest BCUT2D eigenvalue weighted by Gasteiger charge is -2.02. The van der Waals surface area contributed by atoms with Gasteiger partial charge in [0.05, 0.1) is 11.2 Å². The third-order valence-corrected chi connectivity index (χ3v) is 2.72. The van der Waals surface area contributed by atoms with Crippen LogP contribution in [0.5, 0.6) is 0 Å². The van der Waals surface area contributed by atoms with E-state index in [0.29, 0.717) is 16.5 Å². The van der Waals surface area contributed by atoms with Gasteiger partial charge in [0, 0.05) is 41.0 Å². The van der Waals surface area contributed by atoms with Crippen LogP contribution in [0.15, 0.2) is 53.4 Å². The normalized spacial score (nSPS) is 10.7. The van der Waals surface area contributed by atoms with Crippen molar-refractivity contribution in [2.75, 3.05) is 0 Å². The highest BCUT2D eigenvalue weighted by Gasteiger charge is 2.14. The molecule has 0 N–H and O–H groups in total. The van der Waals surface area contributed by atoms with Gasteiger partial charge in [-0.15, -0.1) is 0 Å². The molecule has 5 heteroatoms. The Hall–Kier alpha value is -2.69. The number of fused-ring (bicyclic) bond motifs is 1. The number of benzene rings is 1. The van der Waals surface area contributed by atoms with E-state index in [9.17, 15) is 10.1 Å². The Kier molecular flexibility index (Phi) is 2.30. The first-order chi connectivity index (χ1) is 8.75. The van der Waals surface area contributed by atoms with E-state index in [1.807, 2.05) is 6.07 Å². The SMILES string of the molecule is O=[N+]([O-])c1cc(-c2cccnc2)c2occc2c1. The number of nitro groups is 1. The second-order valence-corrected chi connectivity index (χ2v) is 3.83. The average molecular weight is 240 g/mol. The molecule has 3 rings (SSSR count). The van der Waals surface area contributed by atoms with Gasteiger partial charge in [0.25, 0.3) is 5.69 Å². The van der Waals surface area contributed by atoms with E-state index in [2.05, 4.69) is 4.98 Å². The number of rotatable bonds is 2. The fourth-order valence-corrected chi connectivity index (χ4v) is 1.91. The van der Waals surface area contributed by atoms with Gasteiger partial charge in [-0.2, -0.15) is 0 Å². The van der Waals surface area contributed by atoms with Crippen LogP contribution in [0.1, 0.15) is 0 Å². The van der Waals surface area contributed by atoms with E-state index in [1.165, 1.54) is 18.4 Å². The fraction of sp³-hybridized carbons (Fsp3) is 0. The molecule has 2 heterocycles. The first-order valence-corrected chi connectivity index (χ1v) is 5.32. The third kappa shape index (κ3) is 1.62. The van der Waals surface area contributed by atoms with Crippen LogP contribution in [-0.4, -0.2) is 9.91 Å². The molecule has 0 amide bonds. The molecule has 0 fully saturated rings. The second-order valence-electron chi connectivity index (χ2n) is 3.83. The summed E-state index contributed by atoms with van der Waals surface area (Å²) in [6, 6.07) is 8.33. The average Bonchev–Trinajstić information content (AvgIpc) is 2.86. The fourth-order valence-electron chi connectivity index (χ4n) is 1.91. The summed E-state index contributed by atoms with van der Waals surface area (Å²) in [5, 5.41) is 11.6. The molecule has 0 saturated heterocycles. The summed E-state index contributed by atoms with van der Waals surface area (Å²) < 4.78 is 5.39. The van der Waals surface area contributed by atoms with Crippen molar-refractivity contribution in [3.05, 3.63) is 59.1 Å². The van der Waals surface area contributed by atoms with Crippen molar-refractivity contribution >= 4 is 16.7 Å². The summed E-state index contributed by atoms with van der Waals surface area (Å²) in [5.74, 6) is 0. The molecule has 0 unspecified atom stereocenters. The number of non-ortho nitro benzene ring substituents is 1. The molecule has 0 saturated carbocycles. The molecule has 0 aliphatic heterocycles. The van der Waals surface area contributed by atoms with Gasteiger partial charge in [0.1, 0.15) is 5.58 Å². The van der Waals surface area contributed by atoms with Gasteiger partial charge in [-0.3, -0.25) is 15.1 Å². The topological polar surface area (TPSA) is 69.2 Å². The minimum Gasteiger partial charge on any atom is -0.464 e. The first kappa shape index (κ1) is 10.5. The number of hydrogen-bond donors (Lipinski definition) is 0. The lowest BCUT2D eigenvalue weighted by Crippen LogP contribution is -1.89. The minimum atomic E-state index is -0.410. The van der Waals surface area contributed by atoms with E-state index in [-0.39, 0.29) is 5.69 Å². The van der Waals surface area contributed by atoms with Gasteiger partial charge in [-0.05, 0) is 12.1 Å². The van der Waals surface area contributed by atoms with Crippen LogP contribution < -0.4 is 0 Å². The van der Waals surface area contributed by atoms with Gasteiger partial charge in [0.2, 0.25) is 0 Å². The number of hydrogen-bond acceptors (Lipinski definition) is 4. The van der Waals surface area contributed by atoms with Crippen LogP contribution in [0, 0.1) is 10.1 Å². The summed E-state index contributed by atoms with van der Waals surface area (Å²) in [4.78, 5) is 14.5. The molecule has 18 heavy (non-hydrogen) atoms. The molecule has 5 nitrogen and oxygen atoms in total. The van der Waals surface area contributed by atoms with Crippen molar-refractivity contribution in [1.82, 2.24) is 4.98 Å². The summed E-state index contributed by atoms with van der Waals surface area (Å²) in [6.07, 6.45) is 4.83. The molecule has 0 radical (unpaired) electrons. The van der Waals surface area contributed by atoms with Gasteiger partial charge >= 0.3 is 0 Å². The monoisotopic (exact) mass is 240 g/mol. The smallest absolute Gasteiger partial charge is 0.270 e. The zero-order valence-corrected chi connectivity index (χ0v) is 9.24. The molecule has 3 aromatic rings. The highest BCUT2D eigenvalue weighted by atomic mass is 16.6. The summed E-state index contributed by atoms with van der Waals surface area (Å²) in [6.45, 7) is 0. The molecular formula is C13H8N2O3. The Morgan fingerprint density at radius 1 is 1.28 bits per heavy atom. The van der Waals surface area contributed by atoms with Crippen LogP contribution in [0.25, 0.3) is 22.1 Å². The lowest BCUT2D eigenvalue weighted by atomic mass is 10.0. The Morgan fingerprint density at radius 2 is 2.17 bits per heavy atom. The molecule has 0 bridgehead atoms. The molecule has 0 spiro atoms. The van der Waals surface area contributed by atoms with Crippen molar-refractivity contribution in [3.8, 4) is 11.1 Å². The molecule has 0 aliphatic carbocycles. The maximum atomic E-state index is 10.9. The van der Waals surface area contributed by atoms with Crippen LogP contribution >= 0.6 is 0 Å². The van der Waals surface area contributed by atoms with Crippen LogP contribution in [-0.2, 0) is 0 Å². The third-order valence-electron chi connectivity index (χ3n) is 2.72. The van der Waals surface area contributed by atoms with Gasteiger partial charge in [-0.25, -0.2) is 0 Å². The largest absolute Gasteiger partial charge is 0.464 e. The molecule has 2 aromatic heterocycles. The zero-order chi connectivity index (χ0) is 12.5. The van der Waals surface area contributed by atoms with E-state index >= 15 is 0 Å². The number of aromatic nitrogens is 1. The maximum absolute atomic E-state index is 10.9. The van der Waals surface area contributed by atoms with E-state index in [0.717, 1.165) is 5.56 Å². The van der Waals surface area contributed by atoms with Crippen molar-refractivity contribution in [1.29, 1.82) is 0 Å². The maximum Gasteiger partial charge on any atom is 0.270 e. The Morgan fingerprint density at radius 3 is 2.89 bits per heavy atom. The van der Waals surface area contributed by atoms with E-state index in [4.69, 9.17) is 4.42 Å². The molecular weight excluding hydrogens is 232 g/mol. The van der Waals surface area contributed by atoms with E-state index in [1.54, 1.807) is 24.5 Å². The highest BCUT2D eigenvalue weighted by Crippen LogP contribution is 2.33. The Labute approximate surface area is 102 Å². The van der Waals surface area contributed by atoms with E-state index < -0.39 is 4.92 Å². The van der Waals surface area contributed by atoms with Crippen LogP contribution in [0.4, 0.5) is 5.69 Å². The van der Waals surface area contributed by atoms with Gasteiger partial charge in [0.15, 0.2) is 0 Å². The van der Waals surface area contributed by atoms with Crippen molar-refractivity contribution in [2.24, 2.45) is 0 Å². The number of furan rings is 1. The molecule has 1 aromatic carbocycles. The van der Waals surface area contributed by atoms with Crippen LogP contribution in [0.2, 0.25) is 0 Å². The Balaban J connectivity index is 2.33. The quantitative estimate of drug-likeness (QED) is 0.508. The van der Waals surface area contributed by atoms with Crippen LogP contribution in [0.3, 0.4) is 0 Å². The number of nitrogens with zero attached hydrogens (tertiary/aromatic N) is 2.